The predicted molar refractivity (Wildman–Crippen MR) is 66.3 cm³/mol. The van der Waals surface area contributed by atoms with Gasteiger partial charge in [0.15, 0.2) is 0 Å². The highest BCUT2D eigenvalue weighted by Crippen LogP contribution is 2.24. The van der Waals surface area contributed by atoms with Crippen LogP contribution in [-0.2, 0) is 4.79 Å². The molecule has 1 heterocycles. The molecule has 1 amide bonds. The Balaban J connectivity index is 2.29. The van der Waals surface area contributed by atoms with Gasteiger partial charge in [0.1, 0.15) is 0 Å². The van der Waals surface area contributed by atoms with Crippen molar-refractivity contribution in [2.45, 2.75) is 33.7 Å². The van der Waals surface area contributed by atoms with Gasteiger partial charge in [0.2, 0.25) is 5.91 Å². The molecule has 1 aliphatic rings. The van der Waals surface area contributed by atoms with Crippen molar-refractivity contribution in [3.8, 4) is 0 Å². The minimum atomic E-state index is -0.0686. The van der Waals surface area contributed by atoms with E-state index in [-0.39, 0.29) is 17.4 Å². The molecule has 0 spiro atoms. The molecular weight excluding hydrogens is 202 g/mol. The first-order valence-electron chi connectivity index (χ1n) is 6.13. The molecule has 0 aliphatic carbocycles. The maximum absolute atomic E-state index is 11.8. The summed E-state index contributed by atoms with van der Waals surface area (Å²) in [6.07, 6.45) is 0. The van der Waals surface area contributed by atoms with Crippen molar-refractivity contribution >= 4 is 5.91 Å². The average Bonchev–Trinajstić information content (AvgIpc) is 2.25. The molecule has 0 aromatic heterocycles. The van der Waals surface area contributed by atoms with Crippen LogP contribution in [-0.4, -0.2) is 38.1 Å². The number of piperazine rings is 1. The Morgan fingerprint density at radius 3 is 2.62 bits per heavy atom. The first-order valence-corrected chi connectivity index (χ1v) is 6.13. The van der Waals surface area contributed by atoms with Gasteiger partial charge in [0.25, 0.3) is 0 Å². The lowest BCUT2D eigenvalue weighted by molar-refractivity contribution is -0.123. The van der Waals surface area contributed by atoms with Crippen LogP contribution < -0.4 is 16.0 Å². The molecule has 0 aromatic carbocycles. The topological polar surface area (TPSA) is 53.2 Å². The molecule has 4 nitrogen and oxygen atoms in total. The average molecular weight is 227 g/mol. The Morgan fingerprint density at radius 2 is 2.12 bits per heavy atom. The van der Waals surface area contributed by atoms with E-state index in [1.165, 1.54) is 0 Å². The van der Waals surface area contributed by atoms with Crippen LogP contribution in [0.2, 0.25) is 0 Å². The third-order valence-corrected chi connectivity index (χ3v) is 3.42. The molecule has 0 bridgehead atoms. The normalized spacial score (nSPS) is 23.9. The van der Waals surface area contributed by atoms with Crippen LogP contribution in [0.3, 0.4) is 0 Å². The number of hydrogen-bond donors (Lipinski definition) is 3. The van der Waals surface area contributed by atoms with Crippen LogP contribution in [0.4, 0.5) is 0 Å². The Morgan fingerprint density at radius 1 is 1.44 bits per heavy atom. The van der Waals surface area contributed by atoms with Crippen molar-refractivity contribution in [3.63, 3.8) is 0 Å². The number of carbonyl (C=O) groups excluding carboxylic acids is 1. The van der Waals surface area contributed by atoms with Crippen LogP contribution in [0.25, 0.3) is 0 Å². The molecule has 0 aromatic rings. The second-order valence-corrected chi connectivity index (χ2v) is 5.72. The van der Waals surface area contributed by atoms with Gasteiger partial charge >= 0.3 is 0 Å². The molecule has 94 valence electrons. The van der Waals surface area contributed by atoms with Crippen LogP contribution >= 0.6 is 0 Å². The van der Waals surface area contributed by atoms with E-state index in [9.17, 15) is 4.79 Å². The monoisotopic (exact) mass is 227 g/mol. The first-order chi connectivity index (χ1) is 7.41. The number of nitrogens with one attached hydrogen (secondary N) is 3. The molecule has 3 N–H and O–H groups in total. The molecule has 2 unspecified atom stereocenters. The molecule has 16 heavy (non-hydrogen) atoms. The van der Waals surface area contributed by atoms with Gasteiger partial charge in [-0.1, -0.05) is 27.7 Å². The van der Waals surface area contributed by atoms with Crippen molar-refractivity contribution < 1.29 is 4.79 Å². The van der Waals surface area contributed by atoms with Gasteiger partial charge in [-0.3, -0.25) is 4.79 Å². The van der Waals surface area contributed by atoms with E-state index in [0.717, 1.165) is 26.2 Å². The van der Waals surface area contributed by atoms with Gasteiger partial charge in [-0.05, 0) is 11.3 Å². The highest BCUT2D eigenvalue weighted by molar-refractivity contribution is 5.82. The van der Waals surface area contributed by atoms with Gasteiger partial charge in [-0.25, -0.2) is 0 Å². The van der Waals surface area contributed by atoms with Crippen LogP contribution in [0.1, 0.15) is 27.7 Å². The zero-order valence-electron chi connectivity index (χ0n) is 10.9. The molecule has 2 atom stereocenters. The van der Waals surface area contributed by atoms with Gasteiger partial charge in [0.05, 0.1) is 6.04 Å². The molecule has 1 aliphatic heterocycles. The van der Waals surface area contributed by atoms with Crippen molar-refractivity contribution in [2.75, 3.05) is 26.2 Å². The number of carbonyl (C=O) groups is 1. The molecule has 1 rings (SSSR count). The summed E-state index contributed by atoms with van der Waals surface area (Å²) in [7, 11) is 0. The zero-order chi connectivity index (χ0) is 12.2. The van der Waals surface area contributed by atoms with Crippen molar-refractivity contribution in [2.24, 2.45) is 11.3 Å². The fraction of sp³-hybridized carbons (Fsp3) is 0.917. The van der Waals surface area contributed by atoms with E-state index >= 15 is 0 Å². The third kappa shape index (κ3) is 4.10. The lowest BCUT2D eigenvalue weighted by atomic mass is 9.82. The van der Waals surface area contributed by atoms with Crippen LogP contribution in [0.5, 0.6) is 0 Å². The smallest absolute Gasteiger partial charge is 0.238 e. The van der Waals surface area contributed by atoms with Crippen LogP contribution in [0, 0.1) is 11.3 Å². The highest BCUT2D eigenvalue weighted by Gasteiger charge is 2.23. The summed E-state index contributed by atoms with van der Waals surface area (Å²) in [6.45, 7) is 12.1. The lowest BCUT2D eigenvalue weighted by Gasteiger charge is -2.29. The van der Waals surface area contributed by atoms with E-state index in [1.807, 2.05) is 0 Å². The van der Waals surface area contributed by atoms with E-state index in [4.69, 9.17) is 0 Å². The summed E-state index contributed by atoms with van der Waals surface area (Å²) in [4.78, 5) is 11.8. The van der Waals surface area contributed by atoms with Gasteiger partial charge in [-0.15, -0.1) is 0 Å². The minimum absolute atomic E-state index is 0.0686. The zero-order valence-corrected chi connectivity index (χ0v) is 10.9. The van der Waals surface area contributed by atoms with Gasteiger partial charge < -0.3 is 16.0 Å². The van der Waals surface area contributed by atoms with E-state index in [2.05, 4.69) is 43.6 Å². The quantitative estimate of drug-likeness (QED) is 0.652. The largest absolute Gasteiger partial charge is 0.354 e. The maximum atomic E-state index is 11.8. The fourth-order valence-corrected chi connectivity index (χ4v) is 1.52. The number of hydrogen-bond acceptors (Lipinski definition) is 3. The summed E-state index contributed by atoms with van der Waals surface area (Å²) < 4.78 is 0. The molecule has 1 fully saturated rings. The summed E-state index contributed by atoms with van der Waals surface area (Å²) in [6, 6.07) is -0.0686. The third-order valence-electron chi connectivity index (χ3n) is 3.42. The number of rotatable bonds is 3. The molecule has 1 saturated heterocycles. The second-order valence-electron chi connectivity index (χ2n) is 5.72. The van der Waals surface area contributed by atoms with Gasteiger partial charge in [0, 0.05) is 26.2 Å². The SMILES string of the molecule is CC(CNC(=O)C1CNCCN1)C(C)(C)C. The Hall–Kier alpha value is -0.610. The standard InChI is InChI=1S/C12H25N3O/c1-9(12(2,3)4)7-15-11(16)10-8-13-5-6-14-10/h9-10,13-14H,5-8H2,1-4H3,(H,15,16). The molecular formula is C12H25N3O. The minimum Gasteiger partial charge on any atom is -0.354 e. The summed E-state index contributed by atoms with van der Waals surface area (Å²) >= 11 is 0. The van der Waals surface area contributed by atoms with E-state index in [0.29, 0.717) is 5.92 Å². The van der Waals surface area contributed by atoms with E-state index < -0.39 is 0 Å². The molecule has 0 radical (unpaired) electrons. The van der Waals surface area contributed by atoms with Crippen molar-refractivity contribution in [1.82, 2.24) is 16.0 Å². The lowest BCUT2D eigenvalue weighted by Crippen LogP contribution is -2.56. The van der Waals surface area contributed by atoms with Crippen molar-refractivity contribution in [3.05, 3.63) is 0 Å². The Kier molecular flexibility index (Phi) is 4.74. The number of amides is 1. The molecule has 4 heteroatoms. The Bertz CT molecular complexity index is 229. The second kappa shape index (κ2) is 5.64. The highest BCUT2D eigenvalue weighted by atomic mass is 16.2. The van der Waals surface area contributed by atoms with Crippen molar-refractivity contribution in [1.29, 1.82) is 0 Å². The molecule has 0 saturated carbocycles. The summed E-state index contributed by atoms with van der Waals surface area (Å²) in [5.74, 6) is 0.594. The summed E-state index contributed by atoms with van der Waals surface area (Å²) in [5, 5.41) is 9.43. The van der Waals surface area contributed by atoms with E-state index in [1.54, 1.807) is 0 Å². The Labute approximate surface area is 98.6 Å². The maximum Gasteiger partial charge on any atom is 0.238 e. The predicted octanol–water partition coefficient (Wildman–Crippen LogP) is 0.346. The summed E-state index contributed by atoms with van der Waals surface area (Å²) in [5.41, 5.74) is 0.242. The van der Waals surface area contributed by atoms with Crippen LogP contribution in [0.15, 0.2) is 0 Å². The van der Waals surface area contributed by atoms with Gasteiger partial charge in [-0.2, -0.15) is 0 Å². The fourth-order valence-electron chi connectivity index (χ4n) is 1.52. The first kappa shape index (κ1) is 13.5.